The molecule has 0 spiro atoms. The van der Waals surface area contributed by atoms with Crippen LogP contribution in [0.15, 0.2) is 24.5 Å². The zero-order valence-corrected chi connectivity index (χ0v) is 9.43. The fourth-order valence-electron chi connectivity index (χ4n) is 1.52. The highest BCUT2D eigenvalue weighted by Crippen LogP contribution is 2.18. The van der Waals surface area contributed by atoms with Crippen molar-refractivity contribution in [2.24, 2.45) is 11.8 Å². The van der Waals surface area contributed by atoms with E-state index in [-0.39, 0.29) is 17.8 Å². The SMILES string of the molecule is COC(=O)C(Cc1ccncc1)C(C)C. The molecule has 0 radical (unpaired) electrons. The van der Waals surface area contributed by atoms with Gasteiger partial charge in [0.25, 0.3) is 0 Å². The van der Waals surface area contributed by atoms with E-state index in [1.807, 2.05) is 26.0 Å². The number of aromatic nitrogens is 1. The van der Waals surface area contributed by atoms with Crippen LogP contribution in [0.1, 0.15) is 19.4 Å². The zero-order valence-electron chi connectivity index (χ0n) is 9.43. The van der Waals surface area contributed by atoms with E-state index in [4.69, 9.17) is 4.74 Å². The quantitative estimate of drug-likeness (QED) is 0.709. The van der Waals surface area contributed by atoms with E-state index in [0.29, 0.717) is 6.42 Å². The molecular formula is C12H17NO2. The number of esters is 1. The van der Waals surface area contributed by atoms with Crippen LogP contribution in [-0.2, 0) is 16.0 Å². The Kier molecular flexibility index (Phi) is 4.28. The van der Waals surface area contributed by atoms with Gasteiger partial charge in [-0.1, -0.05) is 13.8 Å². The van der Waals surface area contributed by atoms with Gasteiger partial charge in [0.05, 0.1) is 13.0 Å². The first-order valence-corrected chi connectivity index (χ1v) is 5.12. The van der Waals surface area contributed by atoms with Gasteiger partial charge in [-0.15, -0.1) is 0 Å². The molecule has 0 aliphatic carbocycles. The number of hydrogen-bond acceptors (Lipinski definition) is 3. The van der Waals surface area contributed by atoms with Crippen LogP contribution in [0.25, 0.3) is 0 Å². The Morgan fingerprint density at radius 1 is 1.40 bits per heavy atom. The molecule has 0 aromatic carbocycles. The molecule has 0 fully saturated rings. The minimum atomic E-state index is -0.137. The van der Waals surface area contributed by atoms with E-state index in [1.165, 1.54) is 7.11 Å². The van der Waals surface area contributed by atoms with Crippen LogP contribution in [0.4, 0.5) is 0 Å². The van der Waals surface area contributed by atoms with Crippen LogP contribution in [0.3, 0.4) is 0 Å². The van der Waals surface area contributed by atoms with Crippen LogP contribution in [-0.4, -0.2) is 18.1 Å². The summed E-state index contributed by atoms with van der Waals surface area (Å²) in [5.41, 5.74) is 1.12. The molecule has 1 aromatic heterocycles. The average molecular weight is 207 g/mol. The largest absolute Gasteiger partial charge is 0.469 e. The maximum Gasteiger partial charge on any atom is 0.309 e. The fourth-order valence-corrected chi connectivity index (χ4v) is 1.52. The monoisotopic (exact) mass is 207 g/mol. The molecule has 1 rings (SSSR count). The number of pyridine rings is 1. The van der Waals surface area contributed by atoms with Crippen LogP contribution in [0.2, 0.25) is 0 Å². The Labute approximate surface area is 90.5 Å². The normalized spacial score (nSPS) is 12.5. The van der Waals surface area contributed by atoms with Gasteiger partial charge in [-0.05, 0) is 30.0 Å². The van der Waals surface area contributed by atoms with Crippen molar-refractivity contribution in [2.75, 3.05) is 7.11 Å². The van der Waals surface area contributed by atoms with E-state index in [0.717, 1.165) is 5.56 Å². The number of carbonyl (C=O) groups is 1. The molecule has 1 unspecified atom stereocenters. The highest BCUT2D eigenvalue weighted by atomic mass is 16.5. The minimum Gasteiger partial charge on any atom is -0.469 e. The molecular weight excluding hydrogens is 190 g/mol. The van der Waals surface area contributed by atoms with Gasteiger partial charge >= 0.3 is 5.97 Å². The molecule has 0 saturated heterocycles. The van der Waals surface area contributed by atoms with Crippen molar-refractivity contribution in [1.82, 2.24) is 4.98 Å². The van der Waals surface area contributed by atoms with Gasteiger partial charge < -0.3 is 4.74 Å². The molecule has 15 heavy (non-hydrogen) atoms. The lowest BCUT2D eigenvalue weighted by Gasteiger charge is -2.17. The summed E-state index contributed by atoms with van der Waals surface area (Å²) < 4.78 is 4.79. The summed E-state index contributed by atoms with van der Waals surface area (Å²) in [7, 11) is 1.43. The molecule has 82 valence electrons. The summed E-state index contributed by atoms with van der Waals surface area (Å²) in [6.07, 6.45) is 4.20. The van der Waals surface area contributed by atoms with Gasteiger partial charge in [0.1, 0.15) is 0 Å². The van der Waals surface area contributed by atoms with Crippen LogP contribution >= 0.6 is 0 Å². The van der Waals surface area contributed by atoms with Crippen molar-refractivity contribution < 1.29 is 9.53 Å². The fraction of sp³-hybridized carbons (Fsp3) is 0.500. The Morgan fingerprint density at radius 3 is 2.47 bits per heavy atom. The average Bonchev–Trinajstić information content (AvgIpc) is 2.26. The molecule has 3 heteroatoms. The minimum absolute atomic E-state index is 0.0719. The number of hydrogen-bond donors (Lipinski definition) is 0. The first-order valence-electron chi connectivity index (χ1n) is 5.12. The number of methoxy groups -OCH3 is 1. The maximum atomic E-state index is 11.5. The highest BCUT2D eigenvalue weighted by molar-refractivity contribution is 5.72. The molecule has 0 amide bonds. The first-order chi connectivity index (χ1) is 7.15. The van der Waals surface area contributed by atoms with Crippen LogP contribution in [0.5, 0.6) is 0 Å². The smallest absolute Gasteiger partial charge is 0.309 e. The van der Waals surface area contributed by atoms with Crippen molar-refractivity contribution in [3.8, 4) is 0 Å². The summed E-state index contributed by atoms with van der Waals surface area (Å²) in [6, 6.07) is 3.86. The van der Waals surface area contributed by atoms with Gasteiger partial charge in [0.2, 0.25) is 0 Å². The van der Waals surface area contributed by atoms with Gasteiger partial charge in [-0.3, -0.25) is 9.78 Å². The second kappa shape index (κ2) is 5.49. The number of carbonyl (C=O) groups excluding carboxylic acids is 1. The Hall–Kier alpha value is -1.38. The molecule has 0 N–H and O–H groups in total. The van der Waals surface area contributed by atoms with E-state index >= 15 is 0 Å². The lowest BCUT2D eigenvalue weighted by molar-refractivity contribution is -0.146. The molecule has 1 aromatic rings. The van der Waals surface area contributed by atoms with Crippen LogP contribution in [0, 0.1) is 11.8 Å². The molecule has 0 aliphatic rings. The number of ether oxygens (including phenoxy) is 1. The van der Waals surface area contributed by atoms with E-state index in [9.17, 15) is 4.79 Å². The third-order valence-electron chi connectivity index (χ3n) is 2.51. The third kappa shape index (κ3) is 3.35. The molecule has 1 heterocycles. The number of rotatable bonds is 4. The molecule has 0 aliphatic heterocycles. The summed E-state index contributed by atoms with van der Waals surface area (Å²) in [5, 5.41) is 0. The maximum absolute atomic E-state index is 11.5. The topological polar surface area (TPSA) is 39.2 Å². The van der Waals surface area contributed by atoms with Crippen molar-refractivity contribution in [1.29, 1.82) is 0 Å². The second-order valence-corrected chi connectivity index (χ2v) is 3.93. The van der Waals surface area contributed by atoms with Gasteiger partial charge in [0, 0.05) is 12.4 Å². The van der Waals surface area contributed by atoms with Gasteiger partial charge in [0.15, 0.2) is 0 Å². The number of nitrogens with zero attached hydrogens (tertiary/aromatic N) is 1. The third-order valence-corrected chi connectivity index (χ3v) is 2.51. The second-order valence-electron chi connectivity index (χ2n) is 3.93. The molecule has 1 atom stereocenters. The Bertz CT molecular complexity index is 309. The van der Waals surface area contributed by atoms with E-state index < -0.39 is 0 Å². The lowest BCUT2D eigenvalue weighted by Crippen LogP contribution is -2.23. The first kappa shape index (κ1) is 11.7. The molecule has 0 bridgehead atoms. The van der Waals surface area contributed by atoms with Gasteiger partial charge in [-0.25, -0.2) is 0 Å². The molecule has 3 nitrogen and oxygen atoms in total. The molecule has 0 saturated carbocycles. The Balaban J connectivity index is 2.72. The standard InChI is InChI=1S/C12H17NO2/c1-9(2)11(12(14)15-3)8-10-4-6-13-7-5-10/h4-7,9,11H,8H2,1-3H3. The summed E-state index contributed by atoms with van der Waals surface area (Å²) in [6.45, 7) is 4.06. The highest BCUT2D eigenvalue weighted by Gasteiger charge is 2.22. The van der Waals surface area contributed by atoms with E-state index in [1.54, 1.807) is 12.4 Å². The Morgan fingerprint density at radius 2 is 2.00 bits per heavy atom. The van der Waals surface area contributed by atoms with Crippen molar-refractivity contribution in [3.63, 3.8) is 0 Å². The summed E-state index contributed by atoms with van der Waals surface area (Å²) in [5.74, 6) is 0.0739. The zero-order chi connectivity index (χ0) is 11.3. The lowest BCUT2D eigenvalue weighted by atomic mass is 9.90. The van der Waals surface area contributed by atoms with Crippen molar-refractivity contribution in [2.45, 2.75) is 20.3 Å². The van der Waals surface area contributed by atoms with Crippen LogP contribution < -0.4 is 0 Å². The van der Waals surface area contributed by atoms with Gasteiger partial charge in [-0.2, -0.15) is 0 Å². The summed E-state index contributed by atoms with van der Waals surface area (Å²) in [4.78, 5) is 15.5. The predicted molar refractivity (Wildman–Crippen MR) is 58.3 cm³/mol. The predicted octanol–water partition coefficient (Wildman–Crippen LogP) is 2.07. The van der Waals surface area contributed by atoms with Crippen molar-refractivity contribution in [3.05, 3.63) is 30.1 Å². The summed E-state index contributed by atoms with van der Waals surface area (Å²) >= 11 is 0. The van der Waals surface area contributed by atoms with Crippen molar-refractivity contribution >= 4 is 5.97 Å². The van der Waals surface area contributed by atoms with E-state index in [2.05, 4.69) is 4.98 Å².